The van der Waals surface area contributed by atoms with Crippen molar-refractivity contribution < 1.29 is 9.53 Å². The number of carbonyl (C=O) groups is 1. The first-order chi connectivity index (χ1) is 14.8. The van der Waals surface area contributed by atoms with Crippen LogP contribution in [-0.2, 0) is 17.8 Å². The van der Waals surface area contributed by atoms with Crippen molar-refractivity contribution in [3.05, 3.63) is 58.9 Å². The van der Waals surface area contributed by atoms with E-state index < -0.39 is 0 Å². The molecule has 1 atom stereocenters. The molecular weight excluding hydrogens is 386 g/mol. The monoisotopic (exact) mass is 423 g/mol. The number of benzene rings is 1. The second kappa shape index (κ2) is 8.79. The van der Waals surface area contributed by atoms with Gasteiger partial charge in [-0.05, 0) is 67.9 Å². The highest BCUT2D eigenvalue weighted by Gasteiger charge is 2.36. The summed E-state index contributed by atoms with van der Waals surface area (Å²) in [6, 6.07) is 6.27. The van der Waals surface area contributed by atoms with Crippen molar-refractivity contribution in [3.63, 3.8) is 0 Å². The van der Waals surface area contributed by atoms with E-state index in [4.69, 9.17) is 4.74 Å². The molecule has 5 heteroatoms. The molecule has 1 unspecified atom stereocenters. The van der Waals surface area contributed by atoms with E-state index in [1.165, 1.54) is 11.1 Å². The molecule has 1 fully saturated rings. The van der Waals surface area contributed by atoms with Gasteiger partial charge in [0.15, 0.2) is 0 Å². The number of ether oxygens (including phenoxy) is 1. The van der Waals surface area contributed by atoms with Gasteiger partial charge < -0.3 is 15.0 Å². The number of rotatable bonds is 6. The molecule has 3 aliphatic rings. The number of nitrogens with one attached hydrogen (secondary N) is 1. The molecule has 0 spiro atoms. The highest BCUT2D eigenvalue weighted by molar-refractivity contribution is 5.96. The lowest BCUT2D eigenvalue weighted by molar-refractivity contribution is 0.0730. The topological polar surface area (TPSA) is 44.8 Å². The average Bonchev–Trinajstić information content (AvgIpc) is 3.24. The van der Waals surface area contributed by atoms with E-state index in [1.807, 2.05) is 11.0 Å². The summed E-state index contributed by atoms with van der Waals surface area (Å²) in [7, 11) is 1.73. The molecule has 2 heterocycles. The predicted octanol–water partition coefficient (Wildman–Crippen LogP) is 4.10. The molecule has 1 aromatic rings. The van der Waals surface area contributed by atoms with E-state index in [0.29, 0.717) is 0 Å². The van der Waals surface area contributed by atoms with Crippen molar-refractivity contribution in [1.29, 1.82) is 0 Å². The van der Waals surface area contributed by atoms with Gasteiger partial charge in [-0.1, -0.05) is 25.1 Å². The zero-order valence-corrected chi connectivity index (χ0v) is 19.5. The van der Waals surface area contributed by atoms with E-state index in [1.54, 1.807) is 7.11 Å². The Morgan fingerprint density at radius 1 is 1.23 bits per heavy atom. The zero-order valence-electron chi connectivity index (χ0n) is 19.5. The second-order valence-electron chi connectivity index (χ2n) is 10.2. The molecule has 4 rings (SSSR count). The van der Waals surface area contributed by atoms with Gasteiger partial charge in [0, 0.05) is 50.4 Å². The minimum atomic E-state index is 0.0660. The first-order valence-electron chi connectivity index (χ1n) is 11.6. The summed E-state index contributed by atoms with van der Waals surface area (Å²) in [6.45, 7) is 12.2. The van der Waals surface area contributed by atoms with Crippen molar-refractivity contribution in [2.24, 2.45) is 5.41 Å². The van der Waals surface area contributed by atoms with Gasteiger partial charge in [0.1, 0.15) is 5.76 Å². The number of methoxy groups -OCH3 is 1. The van der Waals surface area contributed by atoms with Crippen LogP contribution in [0.2, 0.25) is 0 Å². The van der Waals surface area contributed by atoms with Crippen molar-refractivity contribution in [1.82, 2.24) is 15.1 Å². The van der Waals surface area contributed by atoms with Gasteiger partial charge in [-0.2, -0.15) is 0 Å². The lowest BCUT2D eigenvalue weighted by Crippen LogP contribution is -2.46. The van der Waals surface area contributed by atoms with Crippen LogP contribution in [0.5, 0.6) is 0 Å². The van der Waals surface area contributed by atoms with Gasteiger partial charge in [0.2, 0.25) is 0 Å². The van der Waals surface area contributed by atoms with Crippen molar-refractivity contribution in [3.8, 4) is 0 Å². The summed E-state index contributed by atoms with van der Waals surface area (Å²) in [5.41, 5.74) is 3.68. The first kappa shape index (κ1) is 22.1. The quantitative estimate of drug-likeness (QED) is 0.748. The molecule has 0 radical (unpaired) electrons. The highest BCUT2D eigenvalue weighted by Crippen LogP contribution is 2.39. The minimum Gasteiger partial charge on any atom is -0.497 e. The van der Waals surface area contributed by atoms with Crippen LogP contribution in [0.15, 0.2) is 42.2 Å². The van der Waals surface area contributed by atoms with Crippen LogP contribution in [-0.4, -0.2) is 54.5 Å². The predicted molar refractivity (Wildman–Crippen MR) is 125 cm³/mol. The summed E-state index contributed by atoms with van der Waals surface area (Å²) in [5.74, 6) is 1.16. The molecule has 1 aromatic carbocycles. The zero-order chi connectivity index (χ0) is 22.1. The molecule has 1 saturated heterocycles. The minimum absolute atomic E-state index is 0.0660. The van der Waals surface area contributed by atoms with Crippen LogP contribution < -0.4 is 5.32 Å². The third-order valence-corrected chi connectivity index (χ3v) is 7.44. The Hall–Kier alpha value is -2.11. The van der Waals surface area contributed by atoms with Gasteiger partial charge in [0.05, 0.1) is 7.11 Å². The maximum atomic E-state index is 13.2. The molecule has 168 valence electrons. The van der Waals surface area contributed by atoms with Crippen LogP contribution in [0.1, 0.15) is 61.5 Å². The third-order valence-electron chi connectivity index (χ3n) is 7.44. The third kappa shape index (κ3) is 4.73. The molecule has 5 nitrogen and oxygen atoms in total. The normalized spacial score (nSPS) is 24.1. The summed E-state index contributed by atoms with van der Waals surface area (Å²) in [4.78, 5) is 17.7. The van der Waals surface area contributed by atoms with Gasteiger partial charge in [-0.3, -0.25) is 9.69 Å². The molecule has 31 heavy (non-hydrogen) atoms. The number of hydrogen-bond acceptors (Lipinski definition) is 4. The maximum absolute atomic E-state index is 13.2. The van der Waals surface area contributed by atoms with Gasteiger partial charge in [-0.25, -0.2) is 0 Å². The molecule has 1 N–H and O–H groups in total. The maximum Gasteiger partial charge on any atom is 0.254 e. The van der Waals surface area contributed by atoms with Crippen LogP contribution >= 0.6 is 0 Å². The molecular formula is C26H37N3O2. The van der Waals surface area contributed by atoms with Crippen LogP contribution in [0.4, 0.5) is 0 Å². The summed E-state index contributed by atoms with van der Waals surface area (Å²) in [5, 5.41) is 3.33. The Morgan fingerprint density at radius 3 is 2.68 bits per heavy atom. The van der Waals surface area contributed by atoms with Crippen LogP contribution in [0, 0.1) is 5.41 Å². The average molecular weight is 424 g/mol. The number of nitrogens with zero attached hydrogens (tertiary/aromatic N) is 2. The molecule has 0 saturated carbocycles. The van der Waals surface area contributed by atoms with Crippen molar-refractivity contribution in [2.75, 3.05) is 33.3 Å². The van der Waals surface area contributed by atoms with E-state index >= 15 is 0 Å². The Labute approximate surface area is 187 Å². The number of fused-ring (bicyclic) bond motifs is 1. The Morgan fingerprint density at radius 2 is 2.00 bits per heavy atom. The molecule has 1 aliphatic carbocycles. The summed E-state index contributed by atoms with van der Waals surface area (Å²) < 4.78 is 5.35. The van der Waals surface area contributed by atoms with Gasteiger partial charge in [-0.15, -0.1) is 0 Å². The molecule has 1 amide bonds. The van der Waals surface area contributed by atoms with Gasteiger partial charge >= 0.3 is 0 Å². The molecule has 2 aliphatic heterocycles. The number of carbonyl (C=O) groups excluding carboxylic acids is 1. The fraction of sp³-hybridized carbons (Fsp3) is 0.577. The van der Waals surface area contributed by atoms with Crippen LogP contribution in [0.25, 0.3) is 0 Å². The summed E-state index contributed by atoms with van der Waals surface area (Å²) in [6.07, 6.45) is 9.88. The van der Waals surface area contributed by atoms with E-state index in [2.05, 4.69) is 61.3 Å². The first-order valence-corrected chi connectivity index (χ1v) is 11.6. The number of piperazine rings is 1. The Kier molecular flexibility index (Phi) is 6.27. The standard InChI is InChI=1S/C26H37N3O2/c1-25(2,12-13-26(3)10-8-21(31-4)9-11-26)29-18-20-6-5-7-22(23(20)19-29)24(30)28-16-14-27-15-17-28/h5-10,27H,11-19H2,1-4H3. The Balaban J connectivity index is 1.43. The lowest BCUT2D eigenvalue weighted by Gasteiger charge is -2.39. The van der Waals surface area contributed by atoms with E-state index in [9.17, 15) is 4.79 Å². The fourth-order valence-corrected chi connectivity index (χ4v) is 4.93. The fourth-order valence-electron chi connectivity index (χ4n) is 4.93. The smallest absolute Gasteiger partial charge is 0.254 e. The number of amides is 1. The van der Waals surface area contributed by atoms with E-state index in [0.717, 1.165) is 69.9 Å². The SMILES string of the molecule is COC1=CCC(C)(CCC(C)(C)N2Cc3cccc(C(=O)N4CCNCC4)c3C2)C=C1. The number of hydrogen-bond donors (Lipinski definition) is 1. The largest absolute Gasteiger partial charge is 0.497 e. The van der Waals surface area contributed by atoms with Crippen LogP contribution in [0.3, 0.4) is 0 Å². The molecule has 0 aromatic heterocycles. The highest BCUT2D eigenvalue weighted by atomic mass is 16.5. The molecule has 0 bridgehead atoms. The lowest BCUT2D eigenvalue weighted by atomic mass is 9.76. The van der Waals surface area contributed by atoms with E-state index in [-0.39, 0.29) is 16.9 Å². The number of allylic oxidation sites excluding steroid dienone is 3. The summed E-state index contributed by atoms with van der Waals surface area (Å²) >= 11 is 0. The van der Waals surface area contributed by atoms with Crippen molar-refractivity contribution in [2.45, 2.75) is 58.7 Å². The Bertz CT molecular complexity index is 883. The van der Waals surface area contributed by atoms with Crippen molar-refractivity contribution >= 4 is 5.91 Å². The van der Waals surface area contributed by atoms with Gasteiger partial charge in [0.25, 0.3) is 5.91 Å². The second-order valence-corrected chi connectivity index (χ2v) is 10.2.